The van der Waals surface area contributed by atoms with Gasteiger partial charge in [-0.2, -0.15) is 0 Å². The predicted octanol–water partition coefficient (Wildman–Crippen LogP) is 5.23. The summed E-state index contributed by atoms with van der Waals surface area (Å²) in [6.07, 6.45) is 3.65. The molecule has 5 heteroatoms. The fraction of sp³-hybridized carbons (Fsp3) is 0.480. The number of likely N-dealkylation sites (tertiary alicyclic amines) is 1. The van der Waals surface area contributed by atoms with Crippen molar-refractivity contribution in [2.75, 3.05) is 32.8 Å². The molecule has 4 nitrogen and oxygen atoms in total. The highest BCUT2D eigenvalue weighted by atomic mass is 127. The minimum Gasteiger partial charge on any atom is -0.373 e. The molecule has 30 heavy (non-hydrogen) atoms. The van der Waals surface area contributed by atoms with Crippen LogP contribution in [0.3, 0.4) is 0 Å². The fourth-order valence-electron chi connectivity index (χ4n) is 4.62. The van der Waals surface area contributed by atoms with E-state index in [0.717, 1.165) is 45.2 Å². The summed E-state index contributed by atoms with van der Waals surface area (Å²) in [6.45, 7) is 6.82. The zero-order valence-corrected chi connectivity index (χ0v) is 20.2. The molecule has 0 bridgehead atoms. The molecular weight excluding hydrogens is 485 g/mol. The van der Waals surface area contributed by atoms with Gasteiger partial charge < -0.3 is 15.0 Å². The molecule has 2 saturated heterocycles. The Balaban J connectivity index is 0.00000256. The fourth-order valence-corrected chi connectivity index (χ4v) is 4.62. The SMILES string of the molecule is CCNC(=NCC1CCCOC1c1ccccc1)N1CCC(c2ccccc2)C1.I. The number of aliphatic imine (C=N–C) groups is 1. The molecular formula is C25H34IN3O. The number of ether oxygens (including phenoxy) is 1. The van der Waals surface area contributed by atoms with Crippen LogP contribution in [0.2, 0.25) is 0 Å². The lowest BCUT2D eigenvalue weighted by molar-refractivity contribution is -0.0250. The van der Waals surface area contributed by atoms with Gasteiger partial charge in [0.1, 0.15) is 0 Å². The standard InChI is InChI=1S/C25H33N3O.HI/c1-2-26-25(28-16-15-23(19-28)20-10-5-3-6-11-20)27-18-22-14-9-17-29-24(22)21-12-7-4-8-13-21;/h3-8,10-13,22-24H,2,9,14-19H2,1H3,(H,26,27);1H. The van der Waals surface area contributed by atoms with Crippen molar-refractivity contribution >= 4 is 29.9 Å². The molecule has 0 radical (unpaired) electrons. The van der Waals surface area contributed by atoms with E-state index in [1.807, 2.05) is 0 Å². The second-order valence-corrected chi connectivity index (χ2v) is 8.14. The zero-order valence-electron chi connectivity index (χ0n) is 17.9. The van der Waals surface area contributed by atoms with Crippen LogP contribution in [0.25, 0.3) is 0 Å². The van der Waals surface area contributed by atoms with Crippen LogP contribution in [-0.2, 0) is 4.74 Å². The molecule has 0 amide bonds. The highest BCUT2D eigenvalue weighted by Crippen LogP contribution is 2.34. The molecule has 2 aliphatic rings. The second-order valence-electron chi connectivity index (χ2n) is 8.14. The minimum atomic E-state index is 0. The molecule has 2 aromatic carbocycles. The van der Waals surface area contributed by atoms with Crippen LogP contribution in [0.15, 0.2) is 65.7 Å². The summed E-state index contributed by atoms with van der Waals surface area (Å²) < 4.78 is 6.17. The Morgan fingerprint density at radius 1 is 1.03 bits per heavy atom. The lowest BCUT2D eigenvalue weighted by Crippen LogP contribution is -2.40. The van der Waals surface area contributed by atoms with E-state index >= 15 is 0 Å². The normalized spacial score (nSPS) is 24.4. The van der Waals surface area contributed by atoms with Gasteiger partial charge in [0.05, 0.1) is 6.10 Å². The number of rotatable bonds is 5. The molecule has 0 aliphatic carbocycles. The molecule has 3 atom stereocenters. The highest BCUT2D eigenvalue weighted by molar-refractivity contribution is 14.0. The number of nitrogens with one attached hydrogen (secondary N) is 1. The van der Waals surface area contributed by atoms with Crippen molar-refractivity contribution in [2.24, 2.45) is 10.9 Å². The van der Waals surface area contributed by atoms with E-state index in [4.69, 9.17) is 9.73 Å². The Hall–Kier alpha value is -1.60. The lowest BCUT2D eigenvalue weighted by atomic mass is 9.89. The molecule has 0 aromatic heterocycles. The number of halogens is 1. The van der Waals surface area contributed by atoms with Gasteiger partial charge in [0.2, 0.25) is 0 Å². The van der Waals surface area contributed by atoms with Crippen molar-refractivity contribution in [3.63, 3.8) is 0 Å². The van der Waals surface area contributed by atoms with Gasteiger partial charge in [-0.3, -0.25) is 4.99 Å². The average Bonchev–Trinajstić information content (AvgIpc) is 3.28. The largest absolute Gasteiger partial charge is 0.373 e. The summed E-state index contributed by atoms with van der Waals surface area (Å²) in [5.74, 6) is 2.09. The van der Waals surface area contributed by atoms with Gasteiger partial charge in [0.25, 0.3) is 0 Å². The molecule has 2 fully saturated rings. The van der Waals surface area contributed by atoms with Crippen molar-refractivity contribution < 1.29 is 4.74 Å². The van der Waals surface area contributed by atoms with Gasteiger partial charge in [0.15, 0.2) is 5.96 Å². The molecule has 162 valence electrons. The number of hydrogen-bond donors (Lipinski definition) is 1. The Kier molecular flexibility index (Phi) is 9.00. The smallest absolute Gasteiger partial charge is 0.193 e. The van der Waals surface area contributed by atoms with Gasteiger partial charge >= 0.3 is 0 Å². The number of benzene rings is 2. The van der Waals surface area contributed by atoms with Crippen LogP contribution in [0.5, 0.6) is 0 Å². The van der Waals surface area contributed by atoms with Gasteiger partial charge in [0, 0.05) is 44.6 Å². The van der Waals surface area contributed by atoms with Crippen molar-refractivity contribution in [3.05, 3.63) is 71.8 Å². The summed E-state index contributed by atoms with van der Waals surface area (Å²) in [5.41, 5.74) is 2.72. The van der Waals surface area contributed by atoms with E-state index in [9.17, 15) is 0 Å². The van der Waals surface area contributed by atoms with Gasteiger partial charge in [-0.05, 0) is 37.3 Å². The quantitative estimate of drug-likeness (QED) is 0.334. The summed E-state index contributed by atoms with van der Waals surface area (Å²) in [5, 5.41) is 3.53. The monoisotopic (exact) mass is 519 g/mol. The highest BCUT2D eigenvalue weighted by Gasteiger charge is 2.29. The molecule has 3 unspecified atom stereocenters. The van der Waals surface area contributed by atoms with Crippen molar-refractivity contribution in [3.8, 4) is 0 Å². The Labute approximate surface area is 198 Å². The van der Waals surface area contributed by atoms with E-state index in [0.29, 0.717) is 11.8 Å². The summed E-state index contributed by atoms with van der Waals surface area (Å²) >= 11 is 0. The zero-order chi connectivity index (χ0) is 19.9. The van der Waals surface area contributed by atoms with E-state index < -0.39 is 0 Å². The lowest BCUT2D eigenvalue weighted by Gasteiger charge is -2.32. The first-order valence-corrected chi connectivity index (χ1v) is 11.1. The molecule has 1 N–H and O–H groups in total. The van der Waals surface area contributed by atoms with Crippen molar-refractivity contribution in [1.82, 2.24) is 10.2 Å². The van der Waals surface area contributed by atoms with Gasteiger partial charge in [-0.25, -0.2) is 0 Å². The third-order valence-corrected chi connectivity index (χ3v) is 6.14. The summed E-state index contributed by atoms with van der Waals surface area (Å²) in [7, 11) is 0. The van der Waals surface area contributed by atoms with Crippen LogP contribution < -0.4 is 5.32 Å². The maximum absolute atomic E-state index is 6.17. The molecule has 0 spiro atoms. The number of hydrogen-bond acceptors (Lipinski definition) is 2. The first-order chi connectivity index (χ1) is 14.3. The summed E-state index contributed by atoms with van der Waals surface area (Å²) in [6, 6.07) is 21.5. The van der Waals surface area contributed by atoms with E-state index in [1.54, 1.807) is 0 Å². The van der Waals surface area contributed by atoms with Crippen molar-refractivity contribution in [1.29, 1.82) is 0 Å². The van der Waals surface area contributed by atoms with Crippen molar-refractivity contribution in [2.45, 2.75) is 38.2 Å². The minimum absolute atomic E-state index is 0. The van der Waals surface area contributed by atoms with E-state index in [2.05, 4.69) is 77.8 Å². The number of nitrogens with zero attached hydrogens (tertiary/aromatic N) is 2. The molecule has 2 heterocycles. The topological polar surface area (TPSA) is 36.9 Å². The second kappa shape index (κ2) is 11.7. The van der Waals surface area contributed by atoms with E-state index in [-0.39, 0.29) is 30.1 Å². The Morgan fingerprint density at radius 3 is 2.43 bits per heavy atom. The maximum atomic E-state index is 6.17. The third-order valence-electron chi connectivity index (χ3n) is 6.14. The first kappa shape index (κ1) is 23.1. The molecule has 2 aliphatic heterocycles. The van der Waals surface area contributed by atoms with E-state index in [1.165, 1.54) is 24.0 Å². The summed E-state index contributed by atoms with van der Waals surface area (Å²) in [4.78, 5) is 7.51. The van der Waals surface area contributed by atoms with Crippen LogP contribution in [-0.4, -0.2) is 43.6 Å². The first-order valence-electron chi connectivity index (χ1n) is 11.1. The van der Waals surface area contributed by atoms with Crippen LogP contribution in [0.1, 0.15) is 49.3 Å². The molecule has 2 aromatic rings. The van der Waals surface area contributed by atoms with Gasteiger partial charge in [-0.1, -0.05) is 60.7 Å². The Bertz CT molecular complexity index is 783. The number of guanidine groups is 1. The van der Waals surface area contributed by atoms with Crippen LogP contribution >= 0.6 is 24.0 Å². The van der Waals surface area contributed by atoms with Crippen LogP contribution in [0, 0.1) is 5.92 Å². The van der Waals surface area contributed by atoms with Crippen LogP contribution in [0.4, 0.5) is 0 Å². The van der Waals surface area contributed by atoms with Gasteiger partial charge in [-0.15, -0.1) is 24.0 Å². The third kappa shape index (κ3) is 5.76. The Morgan fingerprint density at radius 2 is 1.73 bits per heavy atom. The molecule has 4 rings (SSSR count). The average molecular weight is 519 g/mol. The maximum Gasteiger partial charge on any atom is 0.193 e. The molecule has 0 saturated carbocycles. The predicted molar refractivity (Wildman–Crippen MR) is 135 cm³/mol.